The van der Waals surface area contributed by atoms with E-state index in [4.69, 9.17) is 10.3 Å². The molecule has 2 N–H and O–H groups in total. The van der Waals surface area contributed by atoms with E-state index in [1.54, 1.807) is 0 Å². The van der Waals surface area contributed by atoms with Gasteiger partial charge in [0.1, 0.15) is 5.69 Å². The lowest BCUT2D eigenvalue weighted by molar-refractivity contribution is 0.439. The van der Waals surface area contributed by atoms with Crippen molar-refractivity contribution in [2.45, 2.75) is 6.92 Å². The number of nitrogen functional groups attached to an aromatic ring is 1. The maximum atomic E-state index is 5.99. The van der Waals surface area contributed by atoms with Gasteiger partial charge in [-0.3, -0.25) is 0 Å². The lowest BCUT2D eigenvalue weighted by atomic mass is 10.0. The molecule has 0 aliphatic rings. The normalized spacial score (nSPS) is 10.8. The van der Waals surface area contributed by atoms with Gasteiger partial charge in [-0.1, -0.05) is 50.9 Å². The van der Waals surface area contributed by atoms with Crippen LogP contribution in [-0.2, 0) is 0 Å². The molecule has 5 heteroatoms. The van der Waals surface area contributed by atoms with Crippen LogP contribution in [0, 0.1) is 10.5 Å². The van der Waals surface area contributed by atoms with E-state index < -0.39 is 0 Å². The standard InChI is InChI=1S/C16H12BrIN2O/c1-9-2-4-10(5-3-9)14-15(20-21-16(14)19)12-8-11(17)6-7-13(12)18/h2-8H,19H2,1H3. The summed E-state index contributed by atoms with van der Waals surface area (Å²) in [6.45, 7) is 2.05. The van der Waals surface area contributed by atoms with E-state index in [9.17, 15) is 0 Å². The largest absolute Gasteiger partial charge is 0.367 e. The number of nitrogens with two attached hydrogens (primary N) is 1. The molecule has 0 unspecified atom stereocenters. The number of rotatable bonds is 2. The van der Waals surface area contributed by atoms with Crippen LogP contribution in [0.4, 0.5) is 5.88 Å². The third kappa shape index (κ3) is 2.85. The quantitative estimate of drug-likeness (QED) is 0.537. The van der Waals surface area contributed by atoms with Crippen LogP contribution in [0.2, 0.25) is 0 Å². The number of hydrogen-bond acceptors (Lipinski definition) is 3. The Kier molecular flexibility index (Phi) is 4.03. The van der Waals surface area contributed by atoms with Crippen LogP contribution in [0.5, 0.6) is 0 Å². The monoisotopic (exact) mass is 454 g/mol. The average Bonchev–Trinajstić information content (AvgIpc) is 2.84. The minimum absolute atomic E-state index is 0.338. The molecular weight excluding hydrogens is 443 g/mol. The van der Waals surface area contributed by atoms with Crippen molar-refractivity contribution < 1.29 is 4.52 Å². The molecule has 0 aliphatic heterocycles. The average molecular weight is 455 g/mol. The topological polar surface area (TPSA) is 52.0 Å². The van der Waals surface area contributed by atoms with E-state index >= 15 is 0 Å². The molecular formula is C16H12BrIN2O. The number of anilines is 1. The maximum absolute atomic E-state index is 5.99. The van der Waals surface area contributed by atoms with Crippen LogP contribution >= 0.6 is 38.5 Å². The Morgan fingerprint density at radius 1 is 1.14 bits per heavy atom. The summed E-state index contributed by atoms with van der Waals surface area (Å²) in [5.41, 5.74) is 10.8. The minimum atomic E-state index is 0.338. The highest BCUT2D eigenvalue weighted by molar-refractivity contribution is 14.1. The van der Waals surface area contributed by atoms with Crippen LogP contribution in [0.3, 0.4) is 0 Å². The molecule has 0 saturated heterocycles. The molecule has 0 amide bonds. The van der Waals surface area contributed by atoms with Crippen LogP contribution in [0.15, 0.2) is 51.5 Å². The summed E-state index contributed by atoms with van der Waals surface area (Å²) in [5, 5.41) is 4.16. The van der Waals surface area contributed by atoms with Gasteiger partial charge in [-0.05, 0) is 53.3 Å². The third-order valence-corrected chi connectivity index (χ3v) is 4.68. The second kappa shape index (κ2) is 5.81. The van der Waals surface area contributed by atoms with Crippen molar-refractivity contribution in [3.05, 3.63) is 56.1 Å². The molecule has 3 nitrogen and oxygen atoms in total. The maximum Gasteiger partial charge on any atom is 0.230 e. The van der Waals surface area contributed by atoms with Crippen molar-refractivity contribution in [2.24, 2.45) is 0 Å². The van der Waals surface area contributed by atoms with Crippen molar-refractivity contribution in [3.8, 4) is 22.4 Å². The highest BCUT2D eigenvalue weighted by atomic mass is 127. The van der Waals surface area contributed by atoms with E-state index in [2.05, 4.69) is 62.7 Å². The van der Waals surface area contributed by atoms with Gasteiger partial charge in [-0.15, -0.1) is 0 Å². The van der Waals surface area contributed by atoms with Gasteiger partial charge < -0.3 is 10.3 Å². The smallest absolute Gasteiger partial charge is 0.230 e. The summed E-state index contributed by atoms with van der Waals surface area (Å²) < 4.78 is 7.33. The molecule has 0 aliphatic carbocycles. The number of nitrogens with zero attached hydrogens (tertiary/aromatic N) is 1. The third-order valence-electron chi connectivity index (χ3n) is 3.24. The van der Waals surface area contributed by atoms with Crippen LogP contribution in [0.1, 0.15) is 5.56 Å². The Balaban J connectivity index is 2.21. The fourth-order valence-electron chi connectivity index (χ4n) is 2.16. The zero-order chi connectivity index (χ0) is 15.0. The number of benzene rings is 2. The zero-order valence-electron chi connectivity index (χ0n) is 11.2. The molecule has 2 aromatic carbocycles. The van der Waals surface area contributed by atoms with Gasteiger partial charge in [0.2, 0.25) is 5.88 Å². The van der Waals surface area contributed by atoms with Crippen molar-refractivity contribution >= 4 is 44.4 Å². The molecule has 0 bridgehead atoms. The van der Waals surface area contributed by atoms with E-state index in [-0.39, 0.29) is 0 Å². The van der Waals surface area contributed by atoms with Gasteiger partial charge in [-0.25, -0.2) is 0 Å². The molecule has 1 heterocycles. The Morgan fingerprint density at radius 2 is 1.86 bits per heavy atom. The summed E-state index contributed by atoms with van der Waals surface area (Å²) in [6, 6.07) is 14.2. The SMILES string of the molecule is Cc1ccc(-c2c(-c3cc(Br)ccc3I)noc2N)cc1. The molecule has 0 saturated carbocycles. The van der Waals surface area contributed by atoms with E-state index in [1.165, 1.54) is 5.56 Å². The summed E-state index contributed by atoms with van der Waals surface area (Å²) in [4.78, 5) is 0. The first-order valence-corrected chi connectivity index (χ1v) is 8.21. The highest BCUT2D eigenvalue weighted by Gasteiger charge is 2.19. The highest BCUT2D eigenvalue weighted by Crippen LogP contribution is 2.38. The number of hydrogen-bond donors (Lipinski definition) is 1. The summed E-state index contributed by atoms with van der Waals surface area (Å²) in [6.07, 6.45) is 0. The van der Waals surface area contributed by atoms with Gasteiger partial charge in [-0.2, -0.15) is 0 Å². The molecule has 106 valence electrons. The van der Waals surface area contributed by atoms with E-state index in [0.29, 0.717) is 5.88 Å². The van der Waals surface area contributed by atoms with Gasteiger partial charge in [0, 0.05) is 13.6 Å². The predicted octanol–water partition coefficient (Wildman–Crippen LogP) is 5.27. The van der Waals surface area contributed by atoms with Crippen LogP contribution in [-0.4, -0.2) is 5.16 Å². The Hall–Kier alpha value is -1.34. The van der Waals surface area contributed by atoms with Gasteiger partial charge in [0.15, 0.2) is 0 Å². The van der Waals surface area contributed by atoms with Crippen LogP contribution < -0.4 is 5.73 Å². The van der Waals surface area contributed by atoms with Crippen molar-refractivity contribution in [2.75, 3.05) is 5.73 Å². The zero-order valence-corrected chi connectivity index (χ0v) is 15.0. The number of halogens is 2. The first-order valence-electron chi connectivity index (χ1n) is 6.34. The first-order chi connectivity index (χ1) is 10.1. The summed E-state index contributed by atoms with van der Waals surface area (Å²) in [7, 11) is 0. The second-order valence-electron chi connectivity index (χ2n) is 4.76. The Labute approximate surface area is 144 Å². The molecule has 0 fully saturated rings. The second-order valence-corrected chi connectivity index (χ2v) is 6.84. The Morgan fingerprint density at radius 3 is 2.57 bits per heavy atom. The van der Waals surface area contributed by atoms with E-state index in [1.807, 2.05) is 30.3 Å². The summed E-state index contributed by atoms with van der Waals surface area (Å²) in [5.74, 6) is 0.338. The molecule has 0 atom stereocenters. The molecule has 1 aromatic heterocycles. The molecule has 0 spiro atoms. The van der Waals surface area contributed by atoms with Gasteiger partial charge >= 0.3 is 0 Å². The van der Waals surface area contributed by atoms with Crippen molar-refractivity contribution in [1.29, 1.82) is 0 Å². The Bertz CT molecular complexity index is 797. The molecule has 3 aromatic rings. The molecule has 0 radical (unpaired) electrons. The molecule has 21 heavy (non-hydrogen) atoms. The minimum Gasteiger partial charge on any atom is -0.367 e. The van der Waals surface area contributed by atoms with Gasteiger partial charge in [0.25, 0.3) is 0 Å². The molecule has 3 rings (SSSR count). The fourth-order valence-corrected chi connectivity index (χ4v) is 3.12. The van der Waals surface area contributed by atoms with Crippen molar-refractivity contribution in [3.63, 3.8) is 0 Å². The van der Waals surface area contributed by atoms with Crippen molar-refractivity contribution in [1.82, 2.24) is 5.16 Å². The number of aromatic nitrogens is 1. The lowest BCUT2D eigenvalue weighted by Crippen LogP contribution is -1.90. The van der Waals surface area contributed by atoms with Gasteiger partial charge in [0.05, 0.1) is 5.56 Å². The summed E-state index contributed by atoms with van der Waals surface area (Å²) >= 11 is 5.79. The first kappa shape index (κ1) is 14.6. The lowest BCUT2D eigenvalue weighted by Gasteiger charge is -2.06. The number of aryl methyl sites for hydroxylation is 1. The van der Waals surface area contributed by atoms with E-state index in [0.717, 1.165) is 30.4 Å². The fraction of sp³-hybridized carbons (Fsp3) is 0.0625. The predicted molar refractivity (Wildman–Crippen MR) is 96.9 cm³/mol. The van der Waals surface area contributed by atoms with Crippen LogP contribution in [0.25, 0.3) is 22.4 Å².